The number of carboxylic acid groups (broad SMARTS) is 1. The number of likely N-dealkylation sites (tertiary alicyclic amines) is 1. The van der Waals surface area contributed by atoms with Gasteiger partial charge in [0.05, 0.1) is 12.5 Å². The highest BCUT2D eigenvalue weighted by Gasteiger charge is 2.24. The maximum Gasteiger partial charge on any atom is 0.150 e. The van der Waals surface area contributed by atoms with Crippen LogP contribution in [0.4, 0.5) is 4.79 Å². The lowest BCUT2D eigenvalue weighted by molar-refractivity contribution is -0.266. The first kappa shape index (κ1) is 10.5. The second-order valence-electron chi connectivity index (χ2n) is 3.33. The van der Waals surface area contributed by atoms with Gasteiger partial charge in [-0.3, -0.25) is 4.79 Å². The molecule has 76 valence electrons. The van der Waals surface area contributed by atoms with Crippen molar-refractivity contribution >= 4 is 11.9 Å². The third-order valence-corrected chi connectivity index (χ3v) is 2.46. The van der Waals surface area contributed by atoms with E-state index in [9.17, 15) is 14.7 Å². The van der Waals surface area contributed by atoms with Gasteiger partial charge in [0.2, 0.25) is 0 Å². The van der Waals surface area contributed by atoms with Crippen LogP contribution in [-0.4, -0.2) is 29.9 Å². The fraction of sp³-hybridized carbons (Fsp3) is 0.667. The molecule has 0 atom stereocenters. The van der Waals surface area contributed by atoms with Crippen LogP contribution in [0.25, 0.3) is 0 Å². The van der Waals surface area contributed by atoms with Crippen molar-refractivity contribution in [2.75, 3.05) is 13.1 Å². The molecule has 0 aromatic heterocycles. The average Bonchev–Trinajstić information content (AvgIpc) is 2.18. The van der Waals surface area contributed by atoms with E-state index in [1.54, 1.807) is 6.07 Å². The van der Waals surface area contributed by atoms with Gasteiger partial charge >= 0.3 is 0 Å². The lowest BCUT2D eigenvalue weighted by atomic mass is 9.91. The van der Waals surface area contributed by atoms with Crippen molar-refractivity contribution in [3.8, 4) is 6.07 Å². The van der Waals surface area contributed by atoms with Gasteiger partial charge in [0.1, 0.15) is 11.9 Å². The molecule has 5 nitrogen and oxygen atoms in total. The number of nitrogens with zero attached hydrogens (tertiary/aromatic N) is 2. The topological polar surface area (TPSA) is 84.2 Å². The van der Waals surface area contributed by atoms with Crippen LogP contribution in [0, 0.1) is 17.2 Å². The number of carbonyl (C=O) groups excluding carboxylic acids is 2. The van der Waals surface area contributed by atoms with E-state index in [-0.39, 0.29) is 18.1 Å². The molecule has 14 heavy (non-hydrogen) atoms. The Morgan fingerprint density at radius 2 is 2.00 bits per heavy atom. The largest absolute Gasteiger partial charge is 0.530 e. The summed E-state index contributed by atoms with van der Waals surface area (Å²) in [6.07, 6.45) is -0.241. The summed E-state index contributed by atoms with van der Waals surface area (Å²) >= 11 is 0. The molecule has 1 amide bonds. The quantitative estimate of drug-likeness (QED) is 0.596. The van der Waals surface area contributed by atoms with E-state index in [0.29, 0.717) is 25.9 Å². The number of carbonyl (C=O) groups is 2. The molecule has 1 saturated heterocycles. The van der Waals surface area contributed by atoms with Crippen molar-refractivity contribution in [2.45, 2.75) is 19.3 Å². The summed E-state index contributed by atoms with van der Waals surface area (Å²) in [5, 5.41) is 18.8. The number of rotatable bonds is 2. The zero-order chi connectivity index (χ0) is 10.6. The predicted octanol–water partition coefficient (Wildman–Crippen LogP) is -0.476. The number of amides is 1. The fourth-order valence-corrected chi connectivity index (χ4v) is 1.61. The van der Waals surface area contributed by atoms with Crippen LogP contribution >= 0.6 is 0 Å². The lowest BCUT2D eigenvalue weighted by Gasteiger charge is -2.32. The van der Waals surface area contributed by atoms with E-state index in [4.69, 9.17) is 5.26 Å². The Kier molecular flexibility index (Phi) is 3.46. The third-order valence-electron chi connectivity index (χ3n) is 2.46. The third kappa shape index (κ3) is 2.46. The first-order chi connectivity index (χ1) is 6.65. The van der Waals surface area contributed by atoms with Crippen molar-refractivity contribution in [2.24, 2.45) is 5.92 Å². The summed E-state index contributed by atoms with van der Waals surface area (Å²) in [5.74, 6) is -0.226. The van der Waals surface area contributed by atoms with Crippen LogP contribution in [-0.2, 0) is 4.79 Å². The smallest absolute Gasteiger partial charge is 0.150 e. The molecule has 1 heterocycles. The average molecular weight is 195 g/mol. The van der Waals surface area contributed by atoms with Crippen LogP contribution in [0.3, 0.4) is 0 Å². The number of hydrogen-bond donors (Lipinski definition) is 0. The molecule has 0 spiro atoms. The molecule has 0 unspecified atom stereocenters. The summed E-state index contributed by atoms with van der Waals surface area (Å²) in [4.78, 5) is 22.9. The summed E-state index contributed by atoms with van der Waals surface area (Å²) in [5.41, 5.74) is 0. The molecule has 0 radical (unpaired) electrons. The molecule has 1 rings (SSSR count). The van der Waals surface area contributed by atoms with Gasteiger partial charge in [-0.25, -0.2) is 0 Å². The van der Waals surface area contributed by atoms with E-state index < -0.39 is 6.09 Å². The molecule has 1 aliphatic heterocycles. The highest BCUT2D eigenvalue weighted by atomic mass is 16.4. The SMILES string of the molecule is N#CCC(=O)C1CCN(C(=O)[O-])CC1. The summed E-state index contributed by atoms with van der Waals surface area (Å²) in [6, 6.07) is 1.81. The number of nitriles is 1. The Labute approximate surface area is 81.9 Å². The molecule has 1 aliphatic rings. The number of piperidine rings is 1. The molecule has 0 aliphatic carbocycles. The highest BCUT2D eigenvalue weighted by molar-refractivity contribution is 5.83. The molecule has 0 N–H and O–H groups in total. The minimum atomic E-state index is -1.18. The Morgan fingerprint density at radius 3 is 2.43 bits per heavy atom. The number of hydrogen-bond acceptors (Lipinski definition) is 4. The zero-order valence-corrected chi connectivity index (χ0v) is 7.73. The van der Waals surface area contributed by atoms with Crippen LogP contribution in [0.1, 0.15) is 19.3 Å². The second-order valence-corrected chi connectivity index (χ2v) is 3.33. The molecular weight excluding hydrogens is 184 g/mol. The van der Waals surface area contributed by atoms with Crippen molar-refractivity contribution in [3.05, 3.63) is 0 Å². The summed E-state index contributed by atoms with van der Waals surface area (Å²) < 4.78 is 0. The zero-order valence-electron chi connectivity index (χ0n) is 7.73. The first-order valence-electron chi connectivity index (χ1n) is 4.50. The van der Waals surface area contributed by atoms with Crippen molar-refractivity contribution in [1.82, 2.24) is 4.90 Å². The molecular formula is C9H11N2O3-. The standard InChI is InChI=1S/C9H12N2O3/c10-4-1-8(12)7-2-5-11(6-3-7)9(13)14/h7H,1-3,5-6H2,(H,13,14)/p-1. The normalized spacial score (nSPS) is 17.5. The van der Waals surface area contributed by atoms with E-state index in [2.05, 4.69) is 0 Å². The van der Waals surface area contributed by atoms with Crippen molar-refractivity contribution in [3.63, 3.8) is 0 Å². The molecule has 0 aromatic carbocycles. The monoisotopic (exact) mass is 195 g/mol. The van der Waals surface area contributed by atoms with E-state index in [0.717, 1.165) is 0 Å². The Morgan fingerprint density at radius 1 is 1.43 bits per heavy atom. The Hall–Kier alpha value is -1.57. The van der Waals surface area contributed by atoms with Gasteiger partial charge in [-0.2, -0.15) is 5.26 Å². The van der Waals surface area contributed by atoms with Gasteiger partial charge in [-0.15, -0.1) is 0 Å². The maximum atomic E-state index is 11.3. The second kappa shape index (κ2) is 4.61. The van der Waals surface area contributed by atoms with Gasteiger partial charge in [0.25, 0.3) is 0 Å². The van der Waals surface area contributed by atoms with Crippen molar-refractivity contribution < 1.29 is 14.7 Å². The van der Waals surface area contributed by atoms with Crippen molar-refractivity contribution in [1.29, 1.82) is 5.26 Å². The number of ketones is 1. The summed E-state index contributed by atoms with van der Waals surface area (Å²) in [6.45, 7) is 0.675. The Balaban J connectivity index is 2.40. The fourth-order valence-electron chi connectivity index (χ4n) is 1.61. The minimum Gasteiger partial charge on any atom is -0.530 e. The van der Waals surface area contributed by atoms with Gasteiger partial charge < -0.3 is 14.8 Å². The van der Waals surface area contributed by atoms with Gasteiger partial charge in [-0.1, -0.05) is 0 Å². The Bertz CT molecular complexity index is 274. The predicted molar refractivity (Wildman–Crippen MR) is 44.9 cm³/mol. The first-order valence-corrected chi connectivity index (χ1v) is 4.50. The van der Waals surface area contributed by atoms with Crippen LogP contribution in [0.5, 0.6) is 0 Å². The van der Waals surface area contributed by atoms with Gasteiger partial charge in [0.15, 0.2) is 0 Å². The van der Waals surface area contributed by atoms with Crippen LogP contribution < -0.4 is 5.11 Å². The maximum absolute atomic E-state index is 11.3. The molecule has 0 saturated carbocycles. The van der Waals surface area contributed by atoms with E-state index >= 15 is 0 Å². The van der Waals surface area contributed by atoms with E-state index in [1.165, 1.54) is 4.90 Å². The lowest BCUT2D eigenvalue weighted by Crippen LogP contribution is -2.46. The number of Topliss-reactive ketones (excluding diaryl/α,β-unsaturated/α-hetero) is 1. The van der Waals surface area contributed by atoms with Crippen LogP contribution in [0.2, 0.25) is 0 Å². The molecule has 1 fully saturated rings. The minimum absolute atomic E-state index is 0.0734. The van der Waals surface area contributed by atoms with Gasteiger partial charge in [-0.05, 0) is 12.8 Å². The van der Waals surface area contributed by atoms with Crippen LogP contribution in [0.15, 0.2) is 0 Å². The molecule has 5 heteroatoms. The van der Waals surface area contributed by atoms with E-state index in [1.807, 2.05) is 0 Å². The molecule has 0 bridgehead atoms. The summed E-state index contributed by atoms with van der Waals surface area (Å²) in [7, 11) is 0. The highest BCUT2D eigenvalue weighted by Crippen LogP contribution is 2.18. The van der Waals surface area contributed by atoms with Gasteiger partial charge in [0, 0.05) is 19.0 Å². The molecule has 0 aromatic rings.